The Balaban J connectivity index is 1.50. The molecule has 3 nitrogen and oxygen atoms in total. The topological polar surface area (TPSA) is 24.8 Å². The monoisotopic (exact) mass is 375 g/mol. The van der Waals surface area contributed by atoms with Crippen LogP contribution < -0.4 is 4.90 Å². The summed E-state index contributed by atoms with van der Waals surface area (Å²) in [6, 6.07) is 15.4. The number of hydrogen-bond donors (Lipinski definition) is 1. The van der Waals surface area contributed by atoms with E-state index in [4.69, 9.17) is 23.2 Å². The molecular formula is C20H21Cl2N2O+. The van der Waals surface area contributed by atoms with Gasteiger partial charge in [0.2, 0.25) is 0 Å². The molecule has 1 aliphatic heterocycles. The summed E-state index contributed by atoms with van der Waals surface area (Å²) < 4.78 is 0. The Morgan fingerprint density at radius 1 is 1.04 bits per heavy atom. The quantitative estimate of drug-likeness (QED) is 0.872. The fourth-order valence-corrected chi connectivity index (χ4v) is 3.27. The maximum Gasteiger partial charge on any atom is 0.254 e. The van der Waals surface area contributed by atoms with Crippen molar-refractivity contribution in [2.45, 2.75) is 0 Å². The minimum Gasteiger partial charge on any atom is -0.329 e. The normalized spacial score (nSPS) is 15.7. The van der Waals surface area contributed by atoms with E-state index in [1.807, 2.05) is 23.1 Å². The molecule has 0 aromatic heterocycles. The Hall–Kier alpha value is -1.81. The lowest BCUT2D eigenvalue weighted by Gasteiger charge is -2.31. The summed E-state index contributed by atoms with van der Waals surface area (Å²) in [4.78, 5) is 16.0. The van der Waals surface area contributed by atoms with E-state index in [1.165, 1.54) is 10.5 Å². The fourth-order valence-electron chi connectivity index (χ4n) is 2.97. The lowest BCUT2D eigenvalue weighted by atomic mass is 10.1. The smallest absolute Gasteiger partial charge is 0.254 e. The van der Waals surface area contributed by atoms with Gasteiger partial charge in [0.05, 0.1) is 42.8 Å². The van der Waals surface area contributed by atoms with Crippen molar-refractivity contribution in [3.8, 4) is 0 Å². The first kappa shape index (κ1) is 18.0. The summed E-state index contributed by atoms with van der Waals surface area (Å²) in [5.74, 6) is 0.0254. The van der Waals surface area contributed by atoms with Gasteiger partial charge >= 0.3 is 0 Å². The molecule has 1 N–H and O–H groups in total. The van der Waals surface area contributed by atoms with Gasteiger partial charge in [-0.25, -0.2) is 0 Å². The number of rotatable bonds is 4. The van der Waals surface area contributed by atoms with E-state index in [0.29, 0.717) is 15.6 Å². The second-order valence-electron chi connectivity index (χ2n) is 6.19. The highest BCUT2D eigenvalue weighted by Gasteiger charge is 2.24. The van der Waals surface area contributed by atoms with Crippen LogP contribution in [0.2, 0.25) is 10.0 Å². The maximum atomic E-state index is 12.6. The Morgan fingerprint density at radius 3 is 2.44 bits per heavy atom. The third kappa shape index (κ3) is 4.85. The first-order valence-electron chi connectivity index (χ1n) is 8.43. The van der Waals surface area contributed by atoms with Crippen molar-refractivity contribution in [1.29, 1.82) is 0 Å². The molecule has 0 atom stereocenters. The van der Waals surface area contributed by atoms with E-state index < -0.39 is 0 Å². The zero-order valence-electron chi connectivity index (χ0n) is 13.9. The molecule has 0 aliphatic carbocycles. The first-order chi connectivity index (χ1) is 12.1. The molecule has 0 spiro atoms. The van der Waals surface area contributed by atoms with Crippen LogP contribution in [0, 0.1) is 0 Å². The van der Waals surface area contributed by atoms with Crippen LogP contribution in [0.15, 0.2) is 54.6 Å². The van der Waals surface area contributed by atoms with E-state index in [0.717, 1.165) is 32.7 Å². The molecule has 1 saturated heterocycles. The van der Waals surface area contributed by atoms with Gasteiger partial charge in [-0.05, 0) is 29.8 Å². The average molecular weight is 376 g/mol. The van der Waals surface area contributed by atoms with Crippen molar-refractivity contribution < 1.29 is 9.69 Å². The Bertz CT molecular complexity index is 754. The van der Waals surface area contributed by atoms with Crippen LogP contribution in [0.5, 0.6) is 0 Å². The van der Waals surface area contributed by atoms with E-state index in [-0.39, 0.29) is 5.91 Å². The molecule has 25 heavy (non-hydrogen) atoms. The Labute approximate surface area is 158 Å². The number of nitrogens with one attached hydrogen (secondary N) is 1. The SMILES string of the molecule is O=C(c1ccc(Cl)c(Cl)c1)N1CC[NH+](C/C=C/c2ccccc2)CC1. The Morgan fingerprint density at radius 2 is 1.76 bits per heavy atom. The van der Waals surface area contributed by atoms with E-state index in [1.54, 1.807) is 18.2 Å². The molecule has 1 heterocycles. The number of amides is 1. The molecule has 1 aliphatic rings. The van der Waals surface area contributed by atoms with Crippen LogP contribution in [0.25, 0.3) is 6.08 Å². The van der Waals surface area contributed by atoms with E-state index in [2.05, 4.69) is 24.3 Å². The number of piperazine rings is 1. The third-order valence-electron chi connectivity index (χ3n) is 4.44. The summed E-state index contributed by atoms with van der Waals surface area (Å²) in [5.41, 5.74) is 1.82. The molecule has 3 rings (SSSR count). The van der Waals surface area contributed by atoms with Crippen molar-refractivity contribution in [1.82, 2.24) is 4.90 Å². The van der Waals surface area contributed by atoms with Crippen molar-refractivity contribution >= 4 is 35.2 Å². The summed E-state index contributed by atoms with van der Waals surface area (Å²) in [7, 11) is 0. The third-order valence-corrected chi connectivity index (χ3v) is 5.18. The lowest BCUT2D eigenvalue weighted by molar-refractivity contribution is -0.898. The second kappa shape index (κ2) is 8.52. The lowest BCUT2D eigenvalue weighted by Crippen LogP contribution is -3.14. The standard InChI is InChI=1S/C20H20Cl2N2O/c21-18-9-8-17(15-19(18)22)20(25)24-13-11-23(12-14-24)10-4-7-16-5-2-1-3-6-16/h1-9,15H,10-14H2/p+1/b7-4+. The van der Waals surface area contributed by atoms with Gasteiger partial charge in [-0.3, -0.25) is 4.79 Å². The van der Waals surface area contributed by atoms with Crippen LogP contribution in [0.4, 0.5) is 0 Å². The van der Waals surface area contributed by atoms with Gasteiger partial charge in [0, 0.05) is 5.56 Å². The fraction of sp³-hybridized carbons (Fsp3) is 0.250. The molecule has 0 saturated carbocycles. The molecule has 2 aromatic carbocycles. The van der Waals surface area contributed by atoms with Gasteiger partial charge in [-0.2, -0.15) is 0 Å². The minimum atomic E-state index is 0.0254. The van der Waals surface area contributed by atoms with Gasteiger partial charge < -0.3 is 9.80 Å². The number of nitrogens with zero attached hydrogens (tertiary/aromatic N) is 1. The van der Waals surface area contributed by atoms with Crippen molar-refractivity contribution in [2.75, 3.05) is 32.7 Å². The van der Waals surface area contributed by atoms with Crippen molar-refractivity contribution in [2.24, 2.45) is 0 Å². The molecule has 1 amide bonds. The number of hydrogen-bond acceptors (Lipinski definition) is 1. The molecular weight excluding hydrogens is 355 g/mol. The van der Waals surface area contributed by atoms with Crippen LogP contribution in [0.3, 0.4) is 0 Å². The number of benzene rings is 2. The average Bonchev–Trinajstić information content (AvgIpc) is 2.65. The molecule has 1 fully saturated rings. The predicted octanol–water partition coefficient (Wildman–Crippen LogP) is 3.05. The van der Waals surface area contributed by atoms with Crippen molar-refractivity contribution in [3.63, 3.8) is 0 Å². The molecule has 0 unspecified atom stereocenters. The Kier molecular flexibility index (Phi) is 6.14. The number of carbonyl (C=O) groups is 1. The highest BCUT2D eigenvalue weighted by atomic mass is 35.5. The van der Waals surface area contributed by atoms with Crippen LogP contribution >= 0.6 is 23.2 Å². The van der Waals surface area contributed by atoms with Gasteiger partial charge in [-0.1, -0.05) is 59.6 Å². The molecule has 130 valence electrons. The van der Waals surface area contributed by atoms with E-state index >= 15 is 0 Å². The number of carbonyl (C=O) groups excluding carboxylic acids is 1. The van der Waals surface area contributed by atoms with Crippen LogP contribution in [0.1, 0.15) is 15.9 Å². The summed E-state index contributed by atoms with van der Waals surface area (Å²) >= 11 is 11.9. The molecule has 0 radical (unpaired) electrons. The maximum absolute atomic E-state index is 12.6. The number of halogens is 2. The first-order valence-corrected chi connectivity index (χ1v) is 9.18. The summed E-state index contributed by atoms with van der Waals surface area (Å²) in [6.45, 7) is 4.39. The molecule has 0 bridgehead atoms. The van der Waals surface area contributed by atoms with Gasteiger partial charge in [0.1, 0.15) is 0 Å². The minimum absolute atomic E-state index is 0.0254. The number of quaternary nitrogens is 1. The molecule has 2 aromatic rings. The summed E-state index contributed by atoms with van der Waals surface area (Å²) in [5, 5.41) is 0.889. The zero-order valence-corrected chi connectivity index (χ0v) is 15.4. The highest BCUT2D eigenvalue weighted by Crippen LogP contribution is 2.23. The van der Waals surface area contributed by atoms with Crippen molar-refractivity contribution in [3.05, 3.63) is 75.8 Å². The van der Waals surface area contributed by atoms with E-state index in [9.17, 15) is 4.79 Å². The zero-order chi connectivity index (χ0) is 17.6. The van der Waals surface area contributed by atoms with Gasteiger partial charge in [-0.15, -0.1) is 0 Å². The van der Waals surface area contributed by atoms with Gasteiger partial charge in [0.15, 0.2) is 0 Å². The predicted molar refractivity (Wildman–Crippen MR) is 103 cm³/mol. The van der Waals surface area contributed by atoms with Gasteiger partial charge in [0.25, 0.3) is 5.91 Å². The molecule has 5 heteroatoms. The summed E-state index contributed by atoms with van der Waals surface area (Å²) in [6.07, 6.45) is 4.36. The van der Waals surface area contributed by atoms with Crippen LogP contribution in [-0.4, -0.2) is 43.5 Å². The second-order valence-corrected chi connectivity index (χ2v) is 7.00. The van der Waals surface area contributed by atoms with Crippen LogP contribution in [-0.2, 0) is 0 Å². The highest BCUT2D eigenvalue weighted by molar-refractivity contribution is 6.42. The largest absolute Gasteiger partial charge is 0.329 e.